The number of hydrogen-bond donors (Lipinski definition) is 2. The maximum atomic E-state index is 13.0. The molecule has 0 heterocycles. The van der Waals surface area contributed by atoms with E-state index in [2.05, 4.69) is 0 Å². The van der Waals surface area contributed by atoms with Gasteiger partial charge >= 0.3 is 0 Å². The molecule has 3 N–H and O–H groups in total. The maximum Gasteiger partial charge on any atom is 0.134 e. The molecular weight excluding hydrogens is 195 g/mol. The topological polar surface area (TPSA) is 59.1 Å². The Bertz CT molecular complexity index is 278. The lowest BCUT2D eigenvalue weighted by atomic mass is 9.70. The first kappa shape index (κ1) is 12.2. The molecule has 2 atom stereocenters. The Balaban J connectivity index is 2.54. The normalized spacial score (nSPS) is 26.5. The van der Waals surface area contributed by atoms with Crippen molar-refractivity contribution in [2.75, 3.05) is 13.2 Å². The molecule has 0 fully saturated rings. The summed E-state index contributed by atoms with van der Waals surface area (Å²) < 4.78 is 18.3. The lowest BCUT2D eigenvalue weighted by Gasteiger charge is -2.40. The van der Waals surface area contributed by atoms with Crippen molar-refractivity contribution >= 4 is 5.71 Å². The minimum absolute atomic E-state index is 0.0668. The van der Waals surface area contributed by atoms with Gasteiger partial charge in [0.1, 0.15) is 18.5 Å². The van der Waals surface area contributed by atoms with E-state index in [1.165, 1.54) is 0 Å². The van der Waals surface area contributed by atoms with Crippen molar-refractivity contribution in [3.05, 3.63) is 11.8 Å². The fraction of sp³-hybridized carbons (Fsp3) is 0.727. The molecule has 4 heteroatoms. The first-order valence-corrected chi connectivity index (χ1v) is 5.30. The van der Waals surface area contributed by atoms with Gasteiger partial charge in [0.15, 0.2) is 0 Å². The number of allylic oxidation sites excluding steroid dienone is 1. The molecule has 0 spiro atoms. The van der Waals surface area contributed by atoms with Crippen LogP contribution >= 0.6 is 0 Å². The van der Waals surface area contributed by atoms with Crippen LogP contribution < -0.4 is 5.73 Å². The van der Waals surface area contributed by atoms with Gasteiger partial charge in [0.25, 0.3) is 0 Å². The predicted octanol–water partition coefficient (Wildman–Crippen LogP) is 2.02. The summed E-state index contributed by atoms with van der Waals surface area (Å²) in [6.45, 7) is 3.92. The predicted molar refractivity (Wildman–Crippen MR) is 58.7 cm³/mol. The summed E-state index contributed by atoms with van der Waals surface area (Å²) >= 11 is 0. The SMILES string of the molecule is CCC(F)COC1=CCC1(CN)C(C)=N. The van der Waals surface area contributed by atoms with Crippen LogP contribution in [0.2, 0.25) is 0 Å². The van der Waals surface area contributed by atoms with Crippen molar-refractivity contribution < 1.29 is 9.13 Å². The number of rotatable bonds is 6. The Morgan fingerprint density at radius 1 is 1.80 bits per heavy atom. The van der Waals surface area contributed by atoms with Gasteiger partial charge < -0.3 is 15.9 Å². The quantitative estimate of drug-likeness (QED) is 0.664. The molecule has 0 saturated carbocycles. The van der Waals surface area contributed by atoms with Crippen LogP contribution in [0.5, 0.6) is 0 Å². The van der Waals surface area contributed by atoms with Crippen molar-refractivity contribution in [3.63, 3.8) is 0 Å². The van der Waals surface area contributed by atoms with E-state index in [0.717, 1.165) is 6.42 Å². The van der Waals surface area contributed by atoms with Crippen LogP contribution in [-0.2, 0) is 4.74 Å². The monoisotopic (exact) mass is 214 g/mol. The first-order chi connectivity index (χ1) is 7.06. The molecule has 0 amide bonds. The summed E-state index contributed by atoms with van der Waals surface area (Å²) in [5.74, 6) is 0.675. The third kappa shape index (κ3) is 2.20. The molecule has 1 rings (SSSR count). The summed E-state index contributed by atoms with van der Waals surface area (Å²) in [7, 11) is 0. The Labute approximate surface area is 90.0 Å². The zero-order chi connectivity index (χ0) is 11.5. The van der Waals surface area contributed by atoms with E-state index in [0.29, 0.717) is 24.4 Å². The minimum atomic E-state index is -0.937. The number of halogens is 1. The third-order valence-corrected chi connectivity index (χ3v) is 3.04. The van der Waals surface area contributed by atoms with Crippen LogP contribution in [0.4, 0.5) is 4.39 Å². The Morgan fingerprint density at radius 2 is 2.47 bits per heavy atom. The van der Waals surface area contributed by atoms with Crippen LogP contribution in [0.15, 0.2) is 11.8 Å². The van der Waals surface area contributed by atoms with Gasteiger partial charge in [0.2, 0.25) is 0 Å². The van der Waals surface area contributed by atoms with E-state index in [1.807, 2.05) is 6.08 Å². The number of ether oxygens (including phenoxy) is 1. The van der Waals surface area contributed by atoms with E-state index >= 15 is 0 Å². The van der Waals surface area contributed by atoms with Crippen LogP contribution in [0.1, 0.15) is 26.7 Å². The van der Waals surface area contributed by atoms with Crippen LogP contribution in [0, 0.1) is 10.8 Å². The third-order valence-electron chi connectivity index (χ3n) is 3.04. The molecular formula is C11H19FN2O. The van der Waals surface area contributed by atoms with Crippen molar-refractivity contribution in [2.45, 2.75) is 32.9 Å². The van der Waals surface area contributed by atoms with Gasteiger partial charge in [-0.1, -0.05) is 6.92 Å². The van der Waals surface area contributed by atoms with Gasteiger partial charge in [0, 0.05) is 12.3 Å². The molecule has 0 aromatic rings. The minimum Gasteiger partial charge on any atom is -0.494 e. The lowest BCUT2D eigenvalue weighted by molar-refractivity contribution is 0.0875. The Hall–Kier alpha value is -0.900. The second kappa shape index (κ2) is 4.75. The first-order valence-electron chi connectivity index (χ1n) is 5.30. The van der Waals surface area contributed by atoms with Crippen LogP contribution in [0.25, 0.3) is 0 Å². The molecule has 0 aromatic heterocycles. The fourth-order valence-electron chi connectivity index (χ4n) is 1.60. The van der Waals surface area contributed by atoms with Crippen molar-refractivity contribution in [1.29, 1.82) is 5.41 Å². The molecule has 1 aliphatic carbocycles. The molecule has 0 saturated heterocycles. The average molecular weight is 214 g/mol. The largest absolute Gasteiger partial charge is 0.494 e. The number of hydrogen-bond acceptors (Lipinski definition) is 3. The Morgan fingerprint density at radius 3 is 2.80 bits per heavy atom. The summed E-state index contributed by atoms with van der Waals surface area (Å²) in [5, 5.41) is 7.67. The van der Waals surface area contributed by atoms with Gasteiger partial charge in [-0.25, -0.2) is 4.39 Å². The molecule has 0 bridgehead atoms. The van der Waals surface area contributed by atoms with Gasteiger partial charge in [-0.3, -0.25) is 0 Å². The second-order valence-electron chi connectivity index (χ2n) is 4.00. The number of nitrogens with one attached hydrogen (secondary N) is 1. The zero-order valence-corrected chi connectivity index (χ0v) is 9.35. The summed E-state index contributed by atoms with van der Waals surface area (Å²) in [6, 6.07) is 0. The molecule has 15 heavy (non-hydrogen) atoms. The second-order valence-corrected chi connectivity index (χ2v) is 4.00. The van der Waals surface area contributed by atoms with Gasteiger partial charge in [-0.05, 0) is 25.8 Å². The highest BCUT2D eigenvalue weighted by Gasteiger charge is 2.42. The maximum absolute atomic E-state index is 13.0. The highest BCUT2D eigenvalue weighted by Crippen LogP contribution is 2.41. The lowest BCUT2D eigenvalue weighted by Crippen LogP contribution is -2.44. The van der Waals surface area contributed by atoms with E-state index in [4.69, 9.17) is 15.9 Å². The molecule has 3 nitrogen and oxygen atoms in total. The smallest absolute Gasteiger partial charge is 0.134 e. The molecule has 1 aliphatic rings. The molecule has 2 unspecified atom stereocenters. The van der Waals surface area contributed by atoms with Crippen molar-refractivity contribution in [1.82, 2.24) is 0 Å². The Kier molecular flexibility index (Phi) is 3.85. The number of nitrogens with two attached hydrogens (primary N) is 1. The van der Waals surface area contributed by atoms with Crippen molar-refractivity contribution in [2.24, 2.45) is 11.1 Å². The highest BCUT2D eigenvalue weighted by molar-refractivity contribution is 5.89. The zero-order valence-electron chi connectivity index (χ0n) is 9.35. The van der Waals surface area contributed by atoms with Crippen LogP contribution in [-0.4, -0.2) is 25.0 Å². The summed E-state index contributed by atoms with van der Waals surface area (Å²) in [4.78, 5) is 0. The van der Waals surface area contributed by atoms with Gasteiger partial charge in [-0.2, -0.15) is 0 Å². The molecule has 86 valence electrons. The van der Waals surface area contributed by atoms with Gasteiger partial charge in [-0.15, -0.1) is 0 Å². The van der Waals surface area contributed by atoms with Crippen molar-refractivity contribution in [3.8, 4) is 0 Å². The van der Waals surface area contributed by atoms with Gasteiger partial charge in [0.05, 0.1) is 5.41 Å². The average Bonchev–Trinajstić information content (AvgIpc) is 2.17. The van der Waals surface area contributed by atoms with Crippen LogP contribution in [0.3, 0.4) is 0 Å². The molecule has 0 aliphatic heterocycles. The van der Waals surface area contributed by atoms with E-state index in [9.17, 15) is 4.39 Å². The number of alkyl halides is 1. The van der Waals surface area contributed by atoms with E-state index in [1.54, 1.807) is 13.8 Å². The molecule has 0 aromatic carbocycles. The summed E-state index contributed by atoms with van der Waals surface area (Å²) in [5.41, 5.74) is 5.69. The standard InChI is InChI=1S/C11H19FN2O/c1-3-9(12)6-15-10-4-5-11(10,7-13)8(2)14/h4,9,14H,3,5-7,13H2,1-2H3. The fourth-order valence-corrected chi connectivity index (χ4v) is 1.60. The summed E-state index contributed by atoms with van der Waals surface area (Å²) in [6.07, 6.45) is 2.13. The van der Waals surface area contributed by atoms with E-state index < -0.39 is 11.6 Å². The molecule has 0 radical (unpaired) electrons. The van der Waals surface area contributed by atoms with E-state index in [-0.39, 0.29) is 6.61 Å². The highest BCUT2D eigenvalue weighted by atomic mass is 19.1.